The zero-order valence-corrected chi connectivity index (χ0v) is 15.5. The van der Waals surface area contributed by atoms with Gasteiger partial charge in [0.15, 0.2) is 0 Å². The van der Waals surface area contributed by atoms with E-state index in [1.165, 1.54) is 29.8 Å². The largest absolute Gasteiger partial charge is 0.350 e. The van der Waals surface area contributed by atoms with Crippen molar-refractivity contribution in [2.24, 2.45) is 5.92 Å². The molecule has 0 aromatic rings. The number of likely N-dealkylation sites (tertiary alicyclic amines) is 1. The minimum atomic E-state index is -3.20. The summed E-state index contributed by atoms with van der Waals surface area (Å²) < 4.78 is 24.7. The maximum absolute atomic E-state index is 12.3. The molecule has 2 N–H and O–H groups in total. The van der Waals surface area contributed by atoms with Gasteiger partial charge < -0.3 is 10.2 Å². The Morgan fingerprint density at radius 2 is 1.83 bits per heavy atom. The Kier molecular flexibility index (Phi) is 6.45. The summed E-state index contributed by atoms with van der Waals surface area (Å²) in [4.78, 5) is 13.9. The smallest absolute Gasteiger partial charge is 0.224 e. The maximum atomic E-state index is 12.3. The van der Waals surface area contributed by atoms with Crippen LogP contribution >= 0.6 is 0 Å². The molecular formula is C16H32N3O3S+. The molecule has 1 amide bonds. The average molecular weight is 347 g/mol. The number of hydrogen-bond acceptors (Lipinski definition) is 3. The van der Waals surface area contributed by atoms with E-state index in [0.717, 1.165) is 19.4 Å². The molecule has 2 aliphatic heterocycles. The quantitative estimate of drug-likeness (QED) is 0.713. The van der Waals surface area contributed by atoms with Crippen LogP contribution in [0.4, 0.5) is 0 Å². The van der Waals surface area contributed by atoms with E-state index in [-0.39, 0.29) is 11.8 Å². The van der Waals surface area contributed by atoms with Crippen LogP contribution in [0.25, 0.3) is 0 Å². The summed E-state index contributed by atoms with van der Waals surface area (Å²) in [5.41, 5.74) is 0. The van der Waals surface area contributed by atoms with Gasteiger partial charge in [0.1, 0.15) is 0 Å². The molecule has 23 heavy (non-hydrogen) atoms. The fourth-order valence-electron chi connectivity index (χ4n) is 4.01. The summed E-state index contributed by atoms with van der Waals surface area (Å²) in [5, 5.41) is 3.03. The summed E-state index contributed by atoms with van der Waals surface area (Å²) in [6.07, 6.45) is 6.59. The highest BCUT2D eigenvalue weighted by molar-refractivity contribution is 7.88. The van der Waals surface area contributed by atoms with Crippen molar-refractivity contribution in [1.29, 1.82) is 0 Å². The molecule has 2 rings (SSSR count). The van der Waals surface area contributed by atoms with Gasteiger partial charge in [-0.3, -0.25) is 4.79 Å². The van der Waals surface area contributed by atoms with Crippen LogP contribution in [0, 0.1) is 5.92 Å². The summed E-state index contributed by atoms with van der Waals surface area (Å²) in [6.45, 7) is 7.08. The number of nitrogens with zero attached hydrogens (tertiary/aromatic N) is 1. The normalized spacial score (nSPS) is 33.3. The van der Waals surface area contributed by atoms with Crippen LogP contribution in [-0.4, -0.2) is 63.1 Å². The van der Waals surface area contributed by atoms with E-state index >= 15 is 0 Å². The zero-order valence-electron chi connectivity index (χ0n) is 14.7. The number of quaternary nitrogens is 1. The predicted octanol–water partition coefficient (Wildman–Crippen LogP) is -0.380. The molecule has 0 aromatic carbocycles. The molecule has 0 radical (unpaired) electrons. The minimum Gasteiger partial charge on any atom is -0.350 e. The average Bonchev–Trinajstić information content (AvgIpc) is 2.49. The highest BCUT2D eigenvalue weighted by Crippen LogP contribution is 2.18. The highest BCUT2D eigenvalue weighted by atomic mass is 32.2. The Morgan fingerprint density at radius 3 is 2.43 bits per heavy atom. The molecule has 6 nitrogen and oxygen atoms in total. The first-order valence-corrected chi connectivity index (χ1v) is 10.7. The van der Waals surface area contributed by atoms with E-state index in [1.807, 2.05) is 0 Å². The van der Waals surface area contributed by atoms with Crippen molar-refractivity contribution in [2.75, 3.05) is 32.4 Å². The van der Waals surface area contributed by atoms with Crippen LogP contribution in [0.15, 0.2) is 0 Å². The van der Waals surface area contributed by atoms with Gasteiger partial charge in [-0.25, -0.2) is 12.7 Å². The van der Waals surface area contributed by atoms with E-state index in [2.05, 4.69) is 19.2 Å². The Labute approximate surface area is 140 Å². The van der Waals surface area contributed by atoms with Gasteiger partial charge >= 0.3 is 0 Å². The Hall–Kier alpha value is -0.660. The molecule has 0 aliphatic carbocycles. The van der Waals surface area contributed by atoms with Crippen molar-refractivity contribution >= 4 is 15.9 Å². The number of rotatable bonds is 5. The first kappa shape index (κ1) is 18.7. The minimum absolute atomic E-state index is 0.00932. The van der Waals surface area contributed by atoms with Crippen molar-refractivity contribution in [1.82, 2.24) is 9.62 Å². The second kappa shape index (κ2) is 7.94. The molecule has 2 fully saturated rings. The van der Waals surface area contributed by atoms with E-state index in [4.69, 9.17) is 0 Å². The topological polar surface area (TPSA) is 70.9 Å². The molecule has 134 valence electrons. The summed E-state index contributed by atoms with van der Waals surface area (Å²) in [6, 6.07) is 1.32. The zero-order chi connectivity index (χ0) is 17.0. The molecule has 0 saturated carbocycles. The number of sulfonamides is 1. The Bertz CT molecular complexity index is 499. The molecule has 3 unspecified atom stereocenters. The molecule has 0 aromatic heterocycles. The number of carbonyl (C=O) groups excluding carboxylic acids is 1. The summed E-state index contributed by atoms with van der Waals surface area (Å²) in [7, 11) is -3.20. The third kappa shape index (κ3) is 5.16. The van der Waals surface area contributed by atoms with Crippen LogP contribution < -0.4 is 10.2 Å². The maximum Gasteiger partial charge on any atom is 0.224 e. The van der Waals surface area contributed by atoms with Gasteiger partial charge in [-0.1, -0.05) is 0 Å². The van der Waals surface area contributed by atoms with Gasteiger partial charge in [-0.05, 0) is 46.0 Å². The van der Waals surface area contributed by atoms with Gasteiger partial charge in [-0.2, -0.15) is 0 Å². The third-order valence-corrected chi connectivity index (χ3v) is 6.75. The molecule has 0 spiro atoms. The standard InChI is InChI=1S/C16H31N3O3S/c1-13-6-4-7-14(2)19(13)11-9-17-16(20)15-8-5-10-18(12-15)23(3,21)22/h13-15H,4-12H2,1-3H3,(H,17,20)/p+1. The van der Waals surface area contributed by atoms with Gasteiger partial charge in [0.2, 0.25) is 15.9 Å². The van der Waals surface area contributed by atoms with Gasteiger partial charge in [0.05, 0.1) is 37.3 Å². The van der Waals surface area contributed by atoms with Crippen molar-refractivity contribution in [2.45, 2.75) is 58.0 Å². The van der Waals surface area contributed by atoms with Crippen LogP contribution in [0.1, 0.15) is 46.0 Å². The monoisotopic (exact) mass is 346 g/mol. The first-order valence-electron chi connectivity index (χ1n) is 8.87. The van der Waals surface area contributed by atoms with Crippen LogP contribution in [-0.2, 0) is 14.8 Å². The number of hydrogen-bond donors (Lipinski definition) is 2. The SMILES string of the molecule is CC1CCCC(C)[NH+]1CCNC(=O)C1CCCN(S(C)(=O)=O)C1. The number of nitrogens with one attached hydrogen (secondary N) is 2. The fraction of sp³-hybridized carbons (Fsp3) is 0.938. The Morgan fingerprint density at radius 1 is 1.17 bits per heavy atom. The second-order valence-corrected chi connectivity index (χ2v) is 9.29. The molecule has 7 heteroatoms. The van der Waals surface area contributed by atoms with Crippen LogP contribution in [0.2, 0.25) is 0 Å². The van der Waals surface area contributed by atoms with E-state index in [1.54, 1.807) is 4.90 Å². The molecule has 2 saturated heterocycles. The van der Waals surface area contributed by atoms with Crippen molar-refractivity contribution < 1.29 is 18.1 Å². The van der Waals surface area contributed by atoms with Gasteiger partial charge in [0, 0.05) is 13.1 Å². The van der Waals surface area contributed by atoms with Gasteiger partial charge in [-0.15, -0.1) is 0 Å². The second-order valence-electron chi connectivity index (χ2n) is 7.31. The highest BCUT2D eigenvalue weighted by Gasteiger charge is 2.31. The number of piperidine rings is 2. The first-order chi connectivity index (χ1) is 10.8. The van der Waals surface area contributed by atoms with E-state index in [0.29, 0.717) is 31.7 Å². The molecule has 0 bridgehead atoms. The summed E-state index contributed by atoms with van der Waals surface area (Å²) in [5.74, 6) is -0.195. The van der Waals surface area contributed by atoms with Crippen molar-refractivity contribution in [3.63, 3.8) is 0 Å². The molecular weight excluding hydrogens is 314 g/mol. The number of amides is 1. The molecule has 3 atom stereocenters. The lowest BCUT2D eigenvalue weighted by molar-refractivity contribution is -0.950. The third-order valence-electron chi connectivity index (χ3n) is 5.48. The lowest BCUT2D eigenvalue weighted by Crippen LogP contribution is -3.19. The van der Waals surface area contributed by atoms with Crippen LogP contribution in [0.3, 0.4) is 0 Å². The molecule has 2 aliphatic rings. The number of carbonyl (C=O) groups is 1. The lowest BCUT2D eigenvalue weighted by atomic mass is 9.97. The fourth-order valence-corrected chi connectivity index (χ4v) is 4.92. The lowest BCUT2D eigenvalue weighted by Gasteiger charge is -2.36. The van der Waals surface area contributed by atoms with Crippen molar-refractivity contribution in [3.8, 4) is 0 Å². The van der Waals surface area contributed by atoms with E-state index in [9.17, 15) is 13.2 Å². The predicted molar refractivity (Wildman–Crippen MR) is 90.8 cm³/mol. The summed E-state index contributed by atoms with van der Waals surface area (Å²) >= 11 is 0. The van der Waals surface area contributed by atoms with Crippen molar-refractivity contribution in [3.05, 3.63) is 0 Å². The van der Waals surface area contributed by atoms with Gasteiger partial charge in [0.25, 0.3) is 0 Å². The molecule has 2 heterocycles. The Balaban J connectivity index is 1.78. The van der Waals surface area contributed by atoms with E-state index < -0.39 is 10.0 Å². The van der Waals surface area contributed by atoms with Crippen LogP contribution in [0.5, 0.6) is 0 Å².